The van der Waals surface area contributed by atoms with E-state index < -0.39 is 6.10 Å². The average molecular weight is 272 g/mol. The van der Waals surface area contributed by atoms with Crippen molar-refractivity contribution in [1.29, 1.82) is 0 Å². The van der Waals surface area contributed by atoms with Gasteiger partial charge in [0.25, 0.3) is 0 Å². The summed E-state index contributed by atoms with van der Waals surface area (Å²) in [6.45, 7) is 10.4. The van der Waals surface area contributed by atoms with Gasteiger partial charge in [-0.1, -0.05) is 45.0 Å². The van der Waals surface area contributed by atoms with Crippen LogP contribution in [0.15, 0.2) is 34.7 Å². The Morgan fingerprint density at radius 1 is 1.10 bits per heavy atom. The van der Waals surface area contributed by atoms with Crippen molar-refractivity contribution in [2.45, 2.75) is 52.6 Å². The highest BCUT2D eigenvalue weighted by Crippen LogP contribution is 2.26. The topological polar surface area (TPSA) is 33.4 Å². The van der Waals surface area contributed by atoms with Crippen molar-refractivity contribution in [1.82, 2.24) is 0 Å². The number of hydrogen-bond acceptors (Lipinski definition) is 2. The predicted octanol–water partition coefficient (Wildman–Crippen LogP) is 4.47. The third-order valence-electron chi connectivity index (χ3n) is 3.69. The molecule has 108 valence electrons. The minimum atomic E-state index is -0.507. The quantitative estimate of drug-likeness (QED) is 0.894. The lowest BCUT2D eigenvalue weighted by molar-refractivity contribution is 0.176. The van der Waals surface area contributed by atoms with Crippen LogP contribution in [-0.4, -0.2) is 5.11 Å². The lowest BCUT2D eigenvalue weighted by Crippen LogP contribution is -2.11. The van der Waals surface area contributed by atoms with Crippen LogP contribution in [0.2, 0.25) is 0 Å². The number of rotatable bonds is 3. The number of hydrogen-bond donors (Lipinski definition) is 1. The zero-order valence-electron chi connectivity index (χ0n) is 13.0. The maximum Gasteiger partial charge on any atom is 0.106 e. The summed E-state index contributed by atoms with van der Waals surface area (Å²) in [4.78, 5) is 0. The molecule has 0 radical (unpaired) electrons. The highest BCUT2D eigenvalue weighted by atomic mass is 16.3. The van der Waals surface area contributed by atoms with Crippen LogP contribution in [0.1, 0.15) is 55.1 Å². The van der Waals surface area contributed by atoms with E-state index in [2.05, 4.69) is 45.0 Å². The maximum atomic E-state index is 10.3. The Bertz CT molecular complexity index is 570. The summed E-state index contributed by atoms with van der Waals surface area (Å²) < 4.78 is 5.48. The van der Waals surface area contributed by atoms with Crippen LogP contribution in [0.3, 0.4) is 0 Å². The summed E-state index contributed by atoms with van der Waals surface area (Å²) >= 11 is 0. The fourth-order valence-electron chi connectivity index (χ4n) is 2.46. The van der Waals surface area contributed by atoms with Crippen molar-refractivity contribution in [2.75, 3.05) is 0 Å². The number of aryl methyl sites for hydroxylation is 2. The molecule has 2 rings (SSSR count). The second kappa shape index (κ2) is 5.45. The molecule has 0 amide bonds. The van der Waals surface area contributed by atoms with Crippen LogP contribution < -0.4 is 0 Å². The third kappa shape index (κ3) is 3.31. The molecule has 0 aliphatic heterocycles. The van der Waals surface area contributed by atoms with Gasteiger partial charge in [0.1, 0.15) is 11.5 Å². The first-order valence-electron chi connectivity index (χ1n) is 7.12. The third-order valence-corrected chi connectivity index (χ3v) is 3.69. The van der Waals surface area contributed by atoms with Gasteiger partial charge < -0.3 is 9.52 Å². The lowest BCUT2D eigenvalue weighted by Gasteiger charge is -2.19. The summed E-state index contributed by atoms with van der Waals surface area (Å²) in [6.07, 6.45) is 0.109. The fourth-order valence-corrected chi connectivity index (χ4v) is 2.46. The van der Waals surface area contributed by atoms with Crippen LogP contribution in [0.25, 0.3) is 0 Å². The first kappa shape index (κ1) is 14.9. The van der Waals surface area contributed by atoms with Gasteiger partial charge in [-0.25, -0.2) is 0 Å². The van der Waals surface area contributed by atoms with Crippen molar-refractivity contribution < 1.29 is 9.52 Å². The standard InChI is InChI=1S/C18H24O2/c1-12-10-16(13(2)20-12)17(19)11-14-6-8-15(9-7-14)18(3,4)5/h6-10,17,19H,11H2,1-5H3. The van der Waals surface area contributed by atoms with Gasteiger partial charge in [-0.05, 0) is 36.5 Å². The van der Waals surface area contributed by atoms with Gasteiger partial charge in [0, 0.05) is 12.0 Å². The highest BCUT2D eigenvalue weighted by Gasteiger charge is 2.16. The molecule has 0 bridgehead atoms. The van der Waals surface area contributed by atoms with Gasteiger partial charge in [-0.3, -0.25) is 0 Å². The Labute approximate surface area is 121 Å². The molecule has 1 aromatic carbocycles. The number of aliphatic hydroxyl groups is 1. The molecule has 2 aromatic rings. The Morgan fingerprint density at radius 3 is 2.15 bits per heavy atom. The molecule has 1 atom stereocenters. The molecule has 0 saturated carbocycles. The molecule has 20 heavy (non-hydrogen) atoms. The highest BCUT2D eigenvalue weighted by molar-refractivity contribution is 5.30. The molecule has 2 heteroatoms. The van der Waals surface area contributed by atoms with Crippen LogP contribution >= 0.6 is 0 Å². The van der Waals surface area contributed by atoms with Gasteiger partial charge in [0.2, 0.25) is 0 Å². The normalized spacial score (nSPS) is 13.5. The molecule has 1 heterocycles. The molecule has 0 fully saturated rings. The molecule has 0 saturated heterocycles. The molecule has 1 unspecified atom stereocenters. The van der Waals surface area contributed by atoms with Crippen LogP contribution in [0.4, 0.5) is 0 Å². The van der Waals surface area contributed by atoms with E-state index in [1.54, 1.807) is 0 Å². The smallest absolute Gasteiger partial charge is 0.106 e. The Morgan fingerprint density at radius 2 is 1.70 bits per heavy atom. The minimum Gasteiger partial charge on any atom is -0.466 e. The van der Waals surface area contributed by atoms with Crippen molar-refractivity contribution in [3.63, 3.8) is 0 Å². The van der Waals surface area contributed by atoms with Gasteiger partial charge >= 0.3 is 0 Å². The van der Waals surface area contributed by atoms with E-state index in [0.29, 0.717) is 6.42 Å². The van der Waals surface area contributed by atoms with Crippen molar-refractivity contribution in [3.05, 3.63) is 58.5 Å². The lowest BCUT2D eigenvalue weighted by atomic mass is 9.86. The second-order valence-corrected chi connectivity index (χ2v) is 6.54. The number of aliphatic hydroxyl groups excluding tert-OH is 1. The van der Waals surface area contributed by atoms with Crippen LogP contribution in [0, 0.1) is 13.8 Å². The largest absolute Gasteiger partial charge is 0.466 e. The molecule has 2 nitrogen and oxygen atoms in total. The Kier molecular flexibility index (Phi) is 4.05. The zero-order chi connectivity index (χ0) is 14.9. The Hall–Kier alpha value is -1.54. The molecule has 1 aromatic heterocycles. The summed E-state index contributed by atoms with van der Waals surface area (Å²) in [7, 11) is 0. The molecule has 1 N–H and O–H groups in total. The van der Waals surface area contributed by atoms with E-state index in [1.807, 2.05) is 19.9 Å². The second-order valence-electron chi connectivity index (χ2n) is 6.54. The average Bonchev–Trinajstić information content (AvgIpc) is 2.68. The summed E-state index contributed by atoms with van der Waals surface area (Å²) in [5.41, 5.74) is 3.51. The first-order chi connectivity index (χ1) is 9.27. The summed E-state index contributed by atoms with van der Waals surface area (Å²) in [6, 6.07) is 10.4. The predicted molar refractivity (Wildman–Crippen MR) is 82.0 cm³/mol. The maximum absolute atomic E-state index is 10.3. The zero-order valence-corrected chi connectivity index (χ0v) is 13.0. The first-order valence-corrected chi connectivity index (χ1v) is 7.12. The van der Waals surface area contributed by atoms with E-state index in [4.69, 9.17) is 4.42 Å². The number of benzene rings is 1. The van der Waals surface area contributed by atoms with E-state index in [-0.39, 0.29) is 5.41 Å². The number of furan rings is 1. The molecule has 0 spiro atoms. The van der Waals surface area contributed by atoms with Crippen LogP contribution in [0.5, 0.6) is 0 Å². The fraction of sp³-hybridized carbons (Fsp3) is 0.444. The van der Waals surface area contributed by atoms with Crippen LogP contribution in [-0.2, 0) is 11.8 Å². The van der Waals surface area contributed by atoms with Gasteiger partial charge in [-0.15, -0.1) is 0 Å². The van der Waals surface area contributed by atoms with E-state index in [9.17, 15) is 5.11 Å². The molecular weight excluding hydrogens is 248 g/mol. The van der Waals surface area contributed by atoms with Gasteiger partial charge in [0.15, 0.2) is 0 Å². The van der Waals surface area contributed by atoms with Gasteiger partial charge in [-0.2, -0.15) is 0 Å². The minimum absolute atomic E-state index is 0.162. The van der Waals surface area contributed by atoms with Crippen molar-refractivity contribution in [3.8, 4) is 0 Å². The summed E-state index contributed by atoms with van der Waals surface area (Å²) in [5.74, 6) is 1.65. The van der Waals surface area contributed by atoms with E-state index in [1.165, 1.54) is 5.56 Å². The van der Waals surface area contributed by atoms with Gasteiger partial charge in [0.05, 0.1) is 6.10 Å². The van der Waals surface area contributed by atoms with E-state index >= 15 is 0 Å². The summed E-state index contributed by atoms with van der Waals surface area (Å²) in [5, 5.41) is 10.3. The molecule has 0 aliphatic carbocycles. The molecular formula is C18H24O2. The molecule has 0 aliphatic rings. The SMILES string of the molecule is Cc1cc(C(O)Cc2ccc(C(C)(C)C)cc2)c(C)o1. The monoisotopic (exact) mass is 272 g/mol. The van der Waals surface area contributed by atoms with E-state index in [0.717, 1.165) is 22.6 Å². The van der Waals surface area contributed by atoms with Crippen molar-refractivity contribution in [2.24, 2.45) is 0 Å². The Balaban J connectivity index is 2.12. The van der Waals surface area contributed by atoms with Crippen molar-refractivity contribution >= 4 is 0 Å².